The van der Waals surface area contributed by atoms with Crippen molar-refractivity contribution in [3.05, 3.63) is 66.0 Å². The van der Waals surface area contributed by atoms with Gasteiger partial charge in [0.2, 0.25) is 5.91 Å². The Hall–Kier alpha value is -3.49. The molecule has 0 saturated heterocycles. The molecule has 0 aliphatic rings. The molecule has 2 heterocycles. The number of amides is 1. The van der Waals surface area contributed by atoms with Crippen molar-refractivity contribution in [3.8, 4) is 0 Å². The first-order valence-corrected chi connectivity index (χ1v) is 11.3. The number of para-hydroxylation sites is 1. The van der Waals surface area contributed by atoms with Gasteiger partial charge in [0, 0.05) is 24.9 Å². The summed E-state index contributed by atoms with van der Waals surface area (Å²) in [6.45, 7) is 2.62. The highest BCUT2D eigenvalue weighted by Crippen LogP contribution is 2.29. The number of nitrogen functional groups attached to an aromatic ring is 1. The Labute approximate surface area is 192 Å². The minimum Gasteiger partial charge on any atom is -0.382 e. The van der Waals surface area contributed by atoms with Gasteiger partial charge < -0.3 is 26.1 Å². The van der Waals surface area contributed by atoms with Crippen molar-refractivity contribution in [2.75, 3.05) is 32.0 Å². The Kier molecular flexibility index (Phi) is 7.49. The van der Waals surface area contributed by atoms with Crippen LogP contribution in [0, 0.1) is 0 Å². The third-order valence-corrected chi connectivity index (χ3v) is 5.53. The number of nitrogens with zero attached hydrogens (tertiary/aromatic N) is 3. The van der Waals surface area contributed by atoms with Crippen LogP contribution in [-0.4, -0.2) is 46.7 Å². The van der Waals surface area contributed by atoms with Gasteiger partial charge in [0.25, 0.3) is 0 Å². The van der Waals surface area contributed by atoms with Crippen molar-refractivity contribution in [1.82, 2.24) is 19.9 Å². The fraction of sp³-hybridized carbons (Fsp3) is 0.320. The van der Waals surface area contributed by atoms with Gasteiger partial charge in [-0.2, -0.15) is 0 Å². The van der Waals surface area contributed by atoms with Gasteiger partial charge in [-0.05, 0) is 24.6 Å². The Morgan fingerprint density at radius 1 is 1.03 bits per heavy atom. The van der Waals surface area contributed by atoms with E-state index in [0.717, 1.165) is 40.6 Å². The molecule has 0 fully saturated rings. The summed E-state index contributed by atoms with van der Waals surface area (Å²) in [4.78, 5) is 21.4. The summed E-state index contributed by atoms with van der Waals surface area (Å²) >= 11 is 0. The van der Waals surface area contributed by atoms with Crippen LogP contribution in [0.25, 0.3) is 21.9 Å². The number of nitrogens with two attached hydrogens (primary N) is 2. The van der Waals surface area contributed by atoms with E-state index >= 15 is 0 Å². The maximum absolute atomic E-state index is 12.1. The molecule has 33 heavy (non-hydrogen) atoms. The minimum absolute atomic E-state index is 0.0103. The average Bonchev–Trinajstić information content (AvgIpc) is 3.20. The number of anilines is 1. The smallest absolute Gasteiger partial charge is 0.224 e. The molecule has 0 unspecified atom stereocenters. The topological polar surface area (TPSA) is 121 Å². The molecule has 0 atom stereocenters. The molecule has 0 aliphatic carbocycles. The molecule has 0 saturated carbocycles. The lowest BCUT2D eigenvalue weighted by atomic mass is 10.1. The molecule has 0 bridgehead atoms. The number of imidazole rings is 1. The van der Waals surface area contributed by atoms with Crippen LogP contribution in [0.2, 0.25) is 0 Å². The molecule has 4 rings (SSSR count). The second-order valence-corrected chi connectivity index (χ2v) is 7.91. The summed E-state index contributed by atoms with van der Waals surface area (Å²) in [6.07, 6.45) is 1.96. The largest absolute Gasteiger partial charge is 0.382 e. The van der Waals surface area contributed by atoms with E-state index in [-0.39, 0.29) is 5.91 Å². The number of benzene rings is 2. The first-order valence-electron chi connectivity index (χ1n) is 11.3. The van der Waals surface area contributed by atoms with Crippen molar-refractivity contribution < 1.29 is 9.53 Å². The number of rotatable bonds is 11. The van der Waals surface area contributed by atoms with Crippen LogP contribution >= 0.6 is 0 Å². The second kappa shape index (κ2) is 10.9. The average molecular weight is 447 g/mol. The predicted octanol–water partition coefficient (Wildman–Crippen LogP) is 2.43. The zero-order chi connectivity index (χ0) is 23.0. The molecule has 0 radical (unpaired) electrons. The summed E-state index contributed by atoms with van der Waals surface area (Å²) in [6, 6.07) is 17.6. The molecule has 5 N–H and O–H groups in total. The lowest BCUT2D eigenvalue weighted by Gasteiger charge is -2.12. The molecule has 2 aromatic carbocycles. The maximum atomic E-state index is 12.1. The van der Waals surface area contributed by atoms with Gasteiger partial charge in [-0.15, -0.1) is 0 Å². The molecule has 0 aliphatic heterocycles. The van der Waals surface area contributed by atoms with Gasteiger partial charge >= 0.3 is 0 Å². The van der Waals surface area contributed by atoms with Crippen LogP contribution in [-0.2, 0) is 28.9 Å². The SMILES string of the molecule is NCCCc1nc2c(N)nc3ccccc3c2n1CCOCCNC(=O)Cc1ccccc1. The Balaban J connectivity index is 1.39. The van der Waals surface area contributed by atoms with Crippen molar-refractivity contribution in [2.24, 2.45) is 5.73 Å². The Morgan fingerprint density at radius 3 is 2.64 bits per heavy atom. The number of fused-ring (bicyclic) bond motifs is 3. The molecule has 0 spiro atoms. The van der Waals surface area contributed by atoms with Crippen LogP contribution in [0.3, 0.4) is 0 Å². The standard InChI is InChI=1S/C25H30N6O2/c26-12-6-11-21-30-23-24(19-9-4-5-10-20(19)29-25(23)27)31(21)14-16-33-15-13-28-22(32)17-18-7-2-1-3-8-18/h1-5,7-10H,6,11-17,26H2,(H2,27,29)(H,28,32). The monoisotopic (exact) mass is 446 g/mol. The number of hydrogen-bond donors (Lipinski definition) is 3. The van der Waals surface area contributed by atoms with E-state index in [1.807, 2.05) is 54.6 Å². The van der Waals surface area contributed by atoms with Gasteiger partial charge in [-0.1, -0.05) is 48.5 Å². The lowest BCUT2D eigenvalue weighted by Crippen LogP contribution is -2.29. The molecule has 8 nitrogen and oxygen atoms in total. The van der Waals surface area contributed by atoms with Gasteiger partial charge in [0.05, 0.1) is 30.7 Å². The van der Waals surface area contributed by atoms with Gasteiger partial charge in [0.15, 0.2) is 5.82 Å². The summed E-state index contributed by atoms with van der Waals surface area (Å²) in [5.74, 6) is 1.35. The minimum atomic E-state index is -0.0103. The van der Waals surface area contributed by atoms with Crippen molar-refractivity contribution >= 4 is 33.7 Å². The van der Waals surface area contributed by atoms with Crippen LogP contribution in [0.15, 0.2) is 54.6 Å². The maximum Gasteiger partial charge on any atom is 0.224 e. The zero-order valence-electron chi connectivity index (χ0n) is 18.7. The highest BCUT2D eigenvalue weighted by atomic mass is 16.5. The quantitative estimate of drug-likeness (QED) is 0.304. The predicted molar refractivity (Wildman–Crippen MR) is 131 cm³/mol. The Bertz CT molecular complexity index is 1220. The first kappa shape index (κ1) is 22.7. The number of nitrogens with one attached hydrogen (secondary N) is 1. The zero-order valence-corrected chi connectivity index (χ0v) is 18.7. The molecule has 2 aromatic heterocycles. The van der Waals surface area contributed by atoms with Crippen LogP contribution in [0.4, 0.5) is 5.82 Å². The highest BCUT2D eigenvalue weighted by Gasteiger charge is 2.17. The number of hydrogen-bond acceptors (Lipinski definition) is 6. The third-order valence-electron chi connectivity index (χ3n) is 5.53. The fourth-order valence-electron chi connectivity index (χ4n) is 3.96. The molecule has 172 valence electrons. The van der Waals surface area contributed by atoms with Gasteiger partial charge in [-0.3, -0.25) is 4.79 Å². The number of aromatic nitrogens is 3. The number of pyridine rings is 1. The number of carbonyl (C=O) groups is 1. The molecular weight excluding hydrogens is 416 g/mol. The normalized spacial score (nSPS) is 11.3. The highest BCUT2D eigenvalue weighted by molar-refractivity contribution is 6.06. The van der Waals surface area contributed by atoms with E-state index in [2.05, 4.69) is 14.9 Å². The molecule has 4 aromatic rings. The van der Waals surface area contributed by atoms with Crippen molar-refractivity contribution in [1.29, 1.82) is 0 Å². The van der Waals surface area contributed by atoms with Gasteiger partial charge in [0.1, 0.15) is 11.3 Å². The van der Waals surface area contributed by atoms with Crippen LogP contribution < -0.4 is 16.8 Å². The molecule has 1 amide bonds. The lowest BCUT2D eigenvalue weighted by molar-refractivity contribution is -0.120. The molecular formula is C25H30N6O2. The van der Waals surface area contributed by atoms with E-state index in [1.54, 1.807) is 0 Å². The third kappa shape index (κ3) is 5.47. The van der Waals surface area contributed by atoms with E-state index in [4.69, 9.17) is 21.2 Å². The van der Waals surface area contributed by atoms with E-state index in [0.29, 0.717) is 50.6 Å². The summed E-state index contributed by atoms with van der Waals surface area (Å²) in [5.41, 5.74) is 15.5. The Morgan fingerprint density at radius 2 is 1.82 bits per heavy atom. The molecule has 8 heteroatoms. The number of aryl methyl sites for hydroxylation is 1. The second-order valence-electron chi connectivity index (χ2n) is 7.91. The van der Waals surface area contributed by atoms with Crippen molar-refractivity contribution in [3.63, 3.8) is 0 Å². The van der Waals surface area contributed by atoms with Crippen molar-refractivity contribution in [2.45, 2.75) is 25.8 Å². The first-order chi connectivity index (χ1) is 16.2. The van der Waals surface area contributed by atoms with Crippen LogP contribution in [0.1, 0.15) is 17.8 Å². The summed E-state index contributed by atoms with van der Waals surface area (Å²) in [7, 11) is 0. The number of ether oxygens (including phenoxy) is 1. The van der Waals surface area contributed by atoms with Gasteiger partial charge in [-0.25, -0.2) is 9.97 Å². The fourth-order valence-corrected chi connectivity index (χ4v) is 3.96. The van der Waals surface area contributed by atoms with E-state index in [9.17, 15) is 4.79 Å². The van der Waals surface area contributed by atoms with Crippen LogP contribution in [0.5, 0.6) is 0 Å². The summed E-state index contributed by atoms with van der Waals surface area (Å²) in [5, 5.41) is 3.92. The summed E-state index contributed by atoms with van der Waals surface area (Å²) < 4.78 is 7.99. The van der Waals surface area contributed by atoms with E-state index < -0.39 is 0 Å². The number of carbonyl (C=O) groups excluding carboxylic acids is 1. The van der Waals surface area contributed by atoms with E-state index in [1.165, 1.54) is 0 Å².